The molecule has 4 atom stereocenters. The summed E-state index contributed by atoms with van der Waals surface area (Å²) in [6, 6.07) is 21.7. The fourth-order valence-electron chi connectivity index (χ4n) is 4.86. The van der Waals surface area contributed by atoms with Crippen molar-refractivity contribution in [2.24, 2.45) is 5.92 Å². The lowest BCUT2D eigenvalue weighted by atomic mass is 9.68. The molecule has 2 aromatic carbocycles. The molecule has 0 saturated carbocycles. The van der Waals surface area contributed by atoms with Crippen molar-refractivity contribution in [1.82, 2.24) is 5.32 Å². The Morgan fingerprint density at radius 3 is 2.11 bits per heavy atom. The third-order valence-electron chi connectivity index (χ3n) is 6.29. The van der Waals surface area contributed by atoms with Crippen LogP contribution in [-0.4, -0.2) is 10.7 Å². The minimum atomic E-state index is -0.616. The van der Waals surface area contributed by atoms with Gasteiger partial charge in [-0.1, -0.05) is 100 Å². The summed E-state index contributed by atoms with van der Waals surface area (Å²) in [5, 5.41) is 15.7. The van der Waals surface area contributed by atoms with Crippen molar-refractivity contribution < 1.29 is 5.11 Å². The van der Waals surface area contributed by atoms with Crippen LogP contribution in [0.1, 0.15) is 82.0 Å². The van der Waals surface area contributed by atoms with E-state index in [-0.39, 0.29) is 18.0 Å². The third kappa shape index (κ3) is 4.80. The molecular weight excluding hydrogens is 330 g/mol. The van der Waals surface area contributed by atoms with Crippen molar-refractivity contribution in [3.63, 3.8) is 0 Å². The van der Waals surface area contributed by atoms with Gasteiger partial charge in [-0.15, -0.1) is 0 Å². The van der Waals surface area contributed by atoms with Gasteiger partial charge in [-0.3, -0.25) is 0 Å². The van der Waals surface area contributed by atoms with Crippen molar-refractivity contribution in [3.05, 3.63) is 71.8 Å². The van der Waals surface area contributed by atoms with Crippen LogP contribution in [0.5, 0.6) is 0 Å². The molecule has 1 fully saturated rings. The zero-order valence-electron chi connectivity index (χ0n) is 16.9. The van der Waals surface area contributed by atoms with Crippen molar-refractivity contribution >= 4 is 0 Å². The Kier molecular flexibility index (Phi) is 7.09. The maximum atomic E-state index is 11.9. The van der Waals surface area contributed by atoms with Crippen LogP contribution < -0.4 is 5.32 Å². The molecule has 1 heterocycles. The molecule has 0 bridgehead atoms. The number of benzene rings is 2. The third-order valence-corrected chi connectivity index (χ3v) is 6.29. The highest BCUT2D eigenvalue weighted by molar-refractivity contribution is 5.26. The molecule has 1 aliphatic heterocycles. The second-order valence-electron chi connectivity index (χ2n) is 8.15. The topological polar surface area (TPSA) is 32.3 Å². The zero-order chi connectivity index (χ0) is 19.1. The van der Waals surface area contributed by atoms with Gasteiger partial charge < -0.3 is 10.4 Å². The number of rotatable bonds is 8. The lowest BCUT2D eigenvalue weighted by molar-refractivity contribution is -0.0838. The van der Waals surface area contributed by atoms with Crippen LogP contribution in [-0.2, 0) is 0 Å². The maximum absolute atomic E-state index is 11.9. The van der Waals surface area contributed by atoms with E-state index in [4.69, 9.17) is 0 Å². The standard InChI is InChI=1S/C25H35NO/c1-3-5-6-13-18-25(27)19-23(20-14-9-7-10-15-20)26-24(22(25)4-2)21-16-11-8-12-17-21/h7-12,14-17,22-24,26-27H,3-6,13,18-19H2,1-2H3/t22-,23-,24+,25+/m0/s1. The lowest BCUT2D eigenvalue weighted by Crippen LogP contribution is -2.53. The SMILES string of the molecule is CCCCCC[C@@]1(O)C[C@@H](c2ccccc2)N[C@H](c2ccccc2)[C@@H]1CC. The summed E-state index contributed by atoms with van der Waals surface area (Å²) in [4.78, 5) is 0. The van der Waals surface area contributed by atoms with Gasteiger partial charge in [-0.2, -0.15) is 0 Å². The second kappa shape index (κ2) is 9.52. The first-order valence-electron chi connectivity index (χ1n) is 10.8. The van der Waals surface area contributed by atoms with Gasteiger partial charge >= 0.3 is 0 Å². The Morgan fingerprint density at radius 1 is 0.889 bits per heavy atom. The average molecular weight is 366 g/mol. The highest BCUT2D eigenvalue weighted by Gasteiger charge is 2.46. The van der Waals surface area contributed by atoms with Gasteiger partial charge in [-0.05, 0) is 30.4 Å². The molecule has 1 aliphatic rings. The van der Waals surface area contributed by atoms with E-state index in [1.165, 1.54) is 30.4 Å². The summed E-state index contributed by atoms with van der Waals surface area (Å²) < 4.78 is 0. The number of nitrogens with one attached hydrogen (secondary N) is 1. The number of aliphatic hydroxyl groups is 1. The monoisotopic (exact) mass is 365 g/mol. The number of hydrogen-bond donors (Lipinski definition) is 2. The van der Waals surface area contributed by atoms with Gasteiger partial charge in [0.2, 0.25) is 0 Å². The summed E-state index contributed by atoms with van der Waals surface area (Å²) in [7, 11) is 0. The lowest BCUT2D eigenvalue weighted by Gasteiger charge is -2.49. The Morgan fingerprint density at radius 2 is 1.52 bits per heavy atom. The van der Waals surface area contributed by atoms with Crippen molar-refractivity contribution in [2.75, 3.05) is 0 Å². The molecule has 0 aromatic heterocycles. The van der Waals surface area contributed by atoms with E-state index in [0.29, 0.717) is 0 Å². The summed E-state index contributed by atoms with van der Waals surface area (Å²) in [5.74, 6) is 0.237. The molecule has 2 aromatic rings. The predicted molar refractivity (Wildman–Crippen MR) is 114 cm³/mol. The predicted octanol–water partition coefficient (Wildman–Crippen LogP) is 6.19. The van der Waals surface area contributed by atoms with Crippen LogP contribution in [0.4, 0.5) is 0 Å². The van der Waals surface area contributed by atoms with E-state index in [2.05, 4.69) is 79.8 Å². The normalized spacial score (nSPS) is 28.2. The zero-order valence-corrected chi connectivity index (χ0v) is 16.9. The molecule has 27 heavy (non-hydrogen) atoms. The first-order chi connectivity index (χ1) is 13.2. The van der Waals surface area contributed by atoms with Crippen molar-refractivity contribution in [1.29, 1.82) is 0 Å². The minimum absolute atomic E-state index is 0.186. The smallest absolute Gasteiger partial charge is 0.0712 e. The molecule has 2 nitrogen and oxygen atoms in total. The average Bonchev–Trinajstić information content (AvgIpc) is 2.72. The molecule has 0 unspecified atom stereocenters. The van der Waals surface area contributed by atoms with E-state index in [1.54, 1.807) is 0 Å². The molecule has 0 radical (unpaired) electrons. The first-order valence-corrected chi connectivity index (χ1v) is 10.8. The number of unbranched alkanes of at least 4 members (excludes halogenated alkanes) is 3. The molecule has 0 spiro atoms. The molecule has 3 rings (SSSR count). The van der Waals surface area contributed by atoms with E-state index in [1.807, 2.05) is 0 Å². The Labute approximate surface area is 165 Å². The highest BCUT2D eigenvalue weighted by atomic mass is 16.3. The fraction of sp³-hybridized carbons (Fsp3) is 0.520. The molecule has 0 amide bonds. The summed E-state index contributed by atoms with van der Waals surface area (Å²) in [5.41, 5.74) is 1.95. The molecule has 1 saturated heterocycles. The van der Waals surface area contributed by atoms with Crippen LogP contribution in [0.3, 0.4) is 0 Å². The van der Waals surface area contributed by atoms with Crippen LogP contribution >= 0.6 is 0 Å². The fourth-order valence-corrected chi connectivity index (χ4v) is 4.86. The Bertz CT molecular complexity index is 671. The van der Waals surface area contributed by atoms with Gasteiger partial charge in [0.15, 0.2) is 0 Å². The molecule has 0 aliphatic carbocycles. The van der Waals surface area contributed by atoms with Gasteiger partial charge in [0, 0.05) is 18.0 Å². The second-order valence-corrected chi connectivity index (χ2v) is 8.15. The van der Waals surface area contributed by atoms with Crippen LogP contribution in [0, 0.1) is 5.92 Å². The summed E-state index contributed by atoms with van der Waals surface area (Å²) in [6.45, 7) is 4.47. The highest BCUT2D eigenvalue weighted by Crippen LogP contribution is 2.47. The largest absolute Gasteiger partial charge is 0.389 e. The Balaban J connectivity index is 1.89. The first kappa shape index (κ1) is 20.1. The van der Waals surface area contributed by atoms with E-state index in [9.17, 15) is 5.11 Å². The van der Waals surface area contributed by atoms with Crippen molar-refractivity contribution in [2.45, 2.75) is 76.5 Å². The molecule has 2 N–H and O–H groups in total. The van der Waals surface area contributed by atoms with Gasteiger partial charge in [0.05, 0.1) is 5.60 Å². The van der Waals surface area contributed by atoms with Gasteiger partial charge in [0.25, 0.3) is 0 Å². The van der Waals surface area contributed by atoms with Gasteiger partial charge in [-0.25, -0.2) is 0 Å². The van der Waals surface area contributed by atoms with Crippen LogP contribution in [0.15, 0.2) is 60.7 Å². The number of piperidine rings is 1. The molecular formula is C25H35NO. The van der Waals surface area contributed by atoms with Crippen LogP contribution in [0.25, 0.3) is 0 Å². The quantitative estimate of drug-likeness (QED) is 0.547. The van der Waals surface area contributed by atoms with Gasteiger partial charge in [0.1, 0.15) is 0 Å². The van der Waals surface area contributed by atoms with E-state index in [0.717, 1.165) is 25.7 Å². The summed E-state index contributed by atoms with van der Waals surface area (Å²) >= 11 is 0. The number of hydrogen-bond acceptors (Lipinski definition) is 2. The maximum Gasteiger partial charge on any atom is 0.0712 e. The molecule has 2 heteroatoms. The molecule has 146 valence electrons. The van der Waals surface area contributed by atoms with E-state index < -0.39 is 5.60 Å². The van der Waals surface area contributed by atoms with E-state index >= 15 is 0 Å². The summed E-state index contributed by atoms with van der Waals surface area (Å²) in [6.07, 6.45) is 7.51. The van der Waals surface area contributed by atoms with Crippen LogP contribution in [0.2, 0.25) is 0 Å². The Hall–Kier alpha value is -1.64. The van der Waals surface area contributed by atoms with Crippen molar-refractivity contribution in [3.8, 4) is 0 Å². The minimum Gasteiger partial charge on any atom is -0.389 e.